The number of sulfonamides is 1. The molecule has 1 aromatic rings. The Labute approximate surface area is 182 Å². The molecule has 2 bridgehead atoms. The summed E-state index contributed by atoms with van der Waals surface area (Å²) in [6, 6.07) is -0.216. The molecule has 0 spiro atoms. The number of rotatable bonds is 3. The summed E-state index contributed by atoms with van der Waals surface area (Å²) in [6.45, 7) is 1.14. The van der Waals surface area contributed by atoms with Crippen molar-refractivity contribution in [3.8, 4) is 0 Å². The van der Waals surface area contributed by atoms with E-state index in [1.165, 1.54) is 29.8 Å². The Hall–Kier alpha value is -1.74. The Morgan fingerprint density at radius 1 is 1.10 bits per heavy atom. The number of nitrogens with zero attached hydrogens (tertiary/aromatic N) is 3. The van der Waals surface area contributed by atoms with Crippen molar-refractivity contribution in [3.63, 3.8) is 0 Å². The lowest BCUT2D eigenvalue weighted by Gasteiger charge is -2.36. The molecule has 31 heavy (non-hydrogen) atoms. The first kappa shape index (κ1) is 19.9. The molecular weight excluding hydrogens is 416 g/mol. The molecule has 3 saturated carbocycles. The highest BCUT2D eigenvalue weighted by Gasteiger charge is 2.68. The first-order chi connectivity index (χ1) is 14.8. The van der Waals surface area contributed by atoms with Gasteiger partial charge in [0, 0.05) is 24.6 Å². The second-order valence-electron chi connectivity index (χ2n) is 10.3. The van der Waals surface area contributed by atoms with Crippen molar-refractivity contribution < 1.29 is 13.2 Å². The van der Waals surface area contributed by atoms with Gasteiger partial charge in [-0.05, 0) is 68.6 Å². The lowest BCUT2D eigenvalue weighted by atomic mass is 9.97. The van der Waals surface area contributed by atoms with Crippen LogP contribution in [0.15, 0.2) is 4.79 Å². The first-order valence-corrected chi connectivity index (χ1v) is 13.6. The molecule has 1 aromatic heterocycles. The summed E-state index contributed by atoms with van der Waals surface area (Å²) in [6.07, 6.45) is 8.21. The van der Waals surface area contributed by atoms with Gasteiger partial charge in [0.25, 0.3) is 5.56 Å². The predicted octanol–water partition coefficient (Wildman–Crippen LogP) is 1.43. The monoisotopic (exact) mass is 446 g/mol. The second-order valence-corrected chi connectivity index (χ2v) is 12.3. The number of H-pyrrole nitrogens is 1. The van der Waals surface area contributed by atoms with E-state index < -0.39 is 10.0 Å². The number of nitrogens with one attached hydrogen (secondary N) is 1. The van der Waals surface area contributed by atoms with Crippen LogP contribution in [0, 0.1) is 29.6 Å². The topological polar surface area (TPSA) is 103 Å². The van der Waals surface area contributed by atoms with Crippen LogP contribution in [0.2, 0.25) is 0 Å². The van der Waals surface area contributed by atoms with Crippen LogP contribution < -0.4 is 5.56 Å². The number of aromatic nitrogens is 2. The third kappa shape index (κ3) is 3.10. The molecule has 2 aliphatic heterocycles. The fraction of sp³-hybridized carbons (Fsp3) is 0.773. The molecule has 168 valence electrons. The molecule has 0 unspecified atom stereocenters. The van der Waals surface area contributed by atoms with Gasteiger partial charge < -0.3 is 9.88 Å². The molecule has 8 nitrogen and oxygen atoms in total. The zero-order valence-corrected chi connectivity index (χ0v) is 18.7. The lowest BCUT2D eigenvalue weighted by Crippen LogP contribution is -2.43. The molecule has 5 atom stereocenters. The van der Waals surface area contributed by atoms with Crippen LogP contribution in [0.1, 0.15) is 61.6 Å². The Bertz CT molecular complexity index is 1080. The van der Waals surface area contributed by atoms with Crippen molar-refractivity contribution in [2.45, 2.75) is 57.5 Å². The van der Waals surface area contributed by atoms with Crippen LogP contribution in [0.25, 0.3) is 0 Å². The van der Waals surface area contributed by atoms with Crippen molar-refractivity contribution in [1.82, 2.24) is 19.2 Å². The Morgan fingerprint density at radius 2 is 1.84 bits per heavy atom. The van der Waals surface area contributed by atoms with Crippen LogP contribution in [-0.2, 0) is 27.8 Å². The molecule has 3 aliphatic carbocycles. The number of hydrogen-bond acceptors (Lipinski definition) is 5. The van der Waals surface area contributed by atoms with Gasteiger partial charge in [-0.3, -0.25) is 9.59 Å². The van der Waals surface area contributed by atoms with E-state index in [2.05, 4.69) is 4.98 Å². The molecular formula is C22H30N4O4S. The van der Waals surface area contributed by atoms with Crippen molar-refractivity contribution in [1.29, 1.82) is 0 Å². The van der Waals surface area contributed by atoms with Crippen LogP contribution in [0.4, 0.5) is 0 Å². The summed E-state index contributed by atoms with van der Waals surface area (Å²) in [5.41, 5.74) is 0.924. The molecule has 1 saturated heterocycles. The molecule has 3 heterocycles. The maximum absolute atomic E-state index is 13.6. The zero-order chi connectivity index (χ0) is 21.5. The number of carbonyl (C=O) groups is 1. The van der Waals surface area contributed by atoms with Gasteiger partial charge in [-0.25, -0.2) is 13.4 Å². The highest BCUT2D eigenvalue weighted by atomic mass is 32.2. The molecule has 9 heteroatoms. The van der Waals surface area contributed by atoms with Crippen molar-refractivity contribution in [2.24, 2.45) is 29.6 Å². The summed E-state index contributed by atoms with van der Waals surface area (Å²) in [5.74, 6) is 3.64. The highest BCUT2D eigenvalue weighted by molar-refractivity contribution is 7.88. The van der Waals surface area contributed by atoms with Crippen molar-refractivity contribution in [2.75, 3.05) is 19.3 Å². The fourth-order valence-corrected chi connectivity index (χ4v) is 7.98. The van der Waals surface area contributed by atoms with Crippen molar-refractivity contribution in [3.05, 3.63) is 27.4 Å². The van der Waals surface area contributed by atoms with Gasteiger partial charge in [0.2, 0.25) is 15.9 Å². The van der Waals surface area contributed by atoms with E-state index in [1.807, 2.05) is 4.90 Å². The molecule has 0 radical (unpaired) electrons. The fourth-order valence-electron chi connectivity index (χ4n) is 7.20. The van der Waals surface area contributed by atoms with Gasteiger partial charge in [0.05, 0.1) is 24.5 Å². The standard InChI is InChI=1S/C22H30N4O4S/c1-31(29,30)25-9-7-14-15(11-25)23-20(24-21(14)27)16-4-2-3-8-26(16)22(28)19-17-12-5-6-13(10-12)18(17)19/h12-13,16-19H,2-11H2,1H3,(H,23,24,27)/t12-,13-,16-,17+,18+/m0/s1. The van der Waals surface area contributed by atoms with Crippen LogP contribution in [0.5, 0.6) is 0 Å². The van der Waals surface area contributed by atoms with Gasteiger partial charge in [-0.2, -0.15) is 4.31 Å². The minimum Gasteiger partial charge on any atom is -0.332 e. The largest absolute Gasteiger partial charge is 0.332 e. The normalized spacial score (nSPS) is 36.9. The zero-order valence-electron chi connectivity index (χ0n) is 17.9. The van der Waals surface area contributed by atoms with Crippen molar-refractivity contribution >= 4 is 15.9 Å². The van der Waals surface area contributed by atoms with Gasteiger partial charge >= 0.3 is 0 Å². The smallest absolute Gasteiger partial charge is 0.254 e. The summed E-state index contributed by atoms with van der Waals surface area (Å²) < 4.78 is 25.4. The van der Waals surface area contributed by atoms with Gasteiger partial charge in [0.15, 0.2) is 0 Å². The van der Waals surface area contributed by atoms with E-state index in [0.29, 0.717) is 48.4 Å². The molecule has 1 amide bonds. The molecule has 6 rings (SSSR count). The highest BCUT2D eigenvalue weighted by Crippen LogP contribution is 2.69. The number of fused-ring (bicyclic) bond motifs is 6. The number of likely N-dealkylation sites (tertiary alicyclic amines) is 1. The number of amides is 1. The second kappa shape index (κ2) is 6.88. The Morgan fingerprint density at radius 3 is 2.55 bits per heavy atom. The lowest BCUT2D eigenvalue weighted by molar-refractivity contribution is -0.137. The van der Waals surface area contributed by atoms with E-state index >= 15 is 0 Å². The molecule has 4 fully saturated rings. The molecule has 1 N–H and O–H groups in total. The predicted molar refractivity (Wildman–Crippen MR) is 113 cm³/mol. The maximum Gasteiger partial charge on any atom is 0.254 e. The number of piperidine rings is 1. The minimum atomic E-state index is -3.34. The third-order valence-electron chi connectivity index (χ3n) is 8.65. The van der Waals surface area contributed by atoms with Gasteiger partial charge in [-0.15, -0.1) is 0 Å². The maximum atomic E-state index is 13.6. The van der Waals surface area contributed by atoms with Crippen LogP contribution >= 0.6 is 0 Å². The summed E-state index contributed by atoms with van der Waals surface area (Å²) in [4.78, 5) is 36.0. The first-order valence-electron chi connectivity index (χ1n) is 11.7. The van der Waals surface area contributed by atoms with E-state index in [9.17, 15) is 18.0 Å². The van der Waals surface area contributed by atoms with Crippen LogP contribution in [0.3, 0.4) is 0 Å². The average Bonchev–Trinajstić information content (AvgIpc) is 3.18. The van der Waals surface area contributed by atoms with E-state index in [4.69, 9.17) is 4.98 Å². The van der Waals surface area contributed by atoms with Gasteiger partial charge in [0.1, 0.15) is 5.82 Å². The third-order valence-corrected chi connectivity index (χ3v) is 9.90. The summed E-state index contributed by atoms with van der Waals surface area (Å²) in [7, 11) is -3.34. The Kier molecular flexibility index (Phi) is 4.42. The molecule has 5 aliphatic rings. The van der Waals surface area contributed by atoms with E-state index in [1.54, 1.807) is 0 Å². The van der Waals surface area contributed by atoms with E-state index in [0.717, 1.165) is 31.1 Å². The Balaban J connectivity index is 1.29. The average molecular weight is 447 g/mol. The SMILES string of the molecule is CS(=O)(=O)N1CCc2c(nc([C@@H]3CCCCN3C(=O)C3[C@@H]4[C@H]5CC[C@@H](C5)[C@@H]34)[nH]c2=O)C1. The number of hydrogen-bond donors (Lipinski definition) is 1. The van der Waals surface area contributed by atoms with E-state index in [-0.39, 0.29) is 30.0 Å². The molecule has 0 aromatic carbocycles. The number of aromatic amines is 1. The van der Waals surface area contributed by atoms with Gasteiger partial charge in [-0.1, -0.05) is 0 Å². The quantitative estimate of drug-likeness (QED) is 0.757. The summed E-state index contributed by atoms with van der Waals surface area (Å²) in [5, 5.41) is 0. The van der Waals surface area contributed by atoms with Crippen LogP contribution in [-0.4, -0.2) is 52.8 Å². The minimum absolute atomic E-state index is 0.127. The number of carbonyl (C=O) groups excluding carboxylic acids is 1. The summed E-state index contributed by atoms with van der Waals surface area (Å²) >= 11 is 0.